The van der Waals surface area contributed by atoms with Crippen LogP contribution in [-0.2, 0) is 12.2 Å². The molecule has 0 saturated heterocycles. The second-order valence-electron chi connectivity index (χ2n) is 7.54. The molecule has 6 heteroatoms. The molecule has 6 nitrogen and oxygen atoms in total. The number of fused-ring (bicyclic) bond motifs is 1. The Bertz CT molecular complexity index is 1030. The maximum Gasteiger partial charge on any atom is 0.253 e. The molecule has 1 saturated carbocycles. The van der Waals surface area contributed by atoms with Gasteiger partial charge in [-0.15, -0.1) is 0 Å². The summed E-state index contributed by atoms with van der Waals surface area (Å²) in [6.45, 7) is 2.15. The van der Waals surface area contributed by atoms with Gasteiger partial charge in [-0.05, 0) is 55.2 Å². The van der Waals surface area contributed by atoms with E-state index in [-0.39, 0.29) is 0 Å². The van der Waals surface area contributed by atoms with Gasteiger partial charge in [-0.1, -0.05) is 31.2 Å². The number of aryl methyl sites for hydroxylation is 1. The molecule has 0 amide bonds. The SMILES string of the molecule is CCc1ccc(N[C@@]2(c3cc(C4CC4)[nH]n3)N=C(N)c3ccccc3N2)cc1. The van der Waals surface area contributed by atoms with Gasteiger partial charge in [0.05, 0.1) is 0 Å². The molecule has 0 unspecified atom stereocenters. The van der Waals surface area contributed by atoms with Gasteiger partial charge < -0.3 is 16.4 Å². The molecular formula is C22H24N6. The van der Waals surface area contributed by atoms with Crippen molar-refractivity contribution >= 4 is 17.2 Å². The van der Waals surface area contributed by atoms with E-state index in [9.17, 15) is 0 Å². The quantitative estimate of drug-likeness (QED) is 0.547. The highest BCUT2D eigenvalue weighted by Gasteiger charge is 2.40. The van der Waals surface area contributed by atoms with Gasteiger partial charge >= 0.3 is 0 Å². The van der Waals surface area contributed by atoms with Gasteiger partial charge in [0.15, 0.2) is 0 Å². The summed E-state index contributed by atoms with van der Waals surface area (Å²) in [6.07, 6.45) is 3.43. The van der Waals surface area contributed by atoms with Crippen LogP contribution in [0.15, 0.2) is 59.6 Å². The van der Waals surface area contributed by atoms with E-state index in [0.717, 1.165) is 34.7 Å². The molecule has 5 N–H and O–H groups in total. The molecule has 0 bridgehead atoms. The minimum absolute atomic E-state index is 0.489. The molecule has 1 atom stereocenters. The number of aromatic nitrogens is 2. The monoisotopic (exact) mass is 372 g/mol. The van der Waals surface area contributed by atoms with E-state index in [1.54, 1.807) is 0 Å². The lowest BCUT2D eigenvalue weighted by atomic mass is 10.1. The van der Waals surface area contributed by atoms with Crippen LogP contribution in [0.25, 0.3) is 0 Å². The van der Waals surface area contributed by atoms with E-state index in [4.69, 9.17) is 10.7 Å². The summed E-state index contributed by atoms with van der Waals surface area (Å²) in [6, 6.07) is 18.4. The summed E-state index contributed by atoms with van der Waals surface area (Å²) >= 11 is 0. The minimum atomic E-state index is -0.962. The van der Waals surface area contributed by atoms with E-state index >= 15 is 0 Å². The normalized spacial score (nSPS) is 20.8. The first kappa shape index (κ1) is 16.9. The van der Waals surface area contributed by atoms with Crippen molar-refractivity contribution in [3.8, 4) is 0 Å². The number of hydrogen-bond donors (Lipinski definition) is 4. The molecule has 28 heavy (non-hydrogen) atoms. The molecule has 3 aromatic rings. The second kappa shape index (κ2) is 6.41. The van der Waals surface area contributed by atoms with Gasteiger partial charge in [0.1, 0.15) is 11.5 Å². The summed E-state index contributed by atoms with van der Waals surface area (Å²) in [5.41, 5.74) is 12.4. The van der Waals surface area contributed by atoms with Crippen LogP contribution in [0.3, 0.4) is 0 Å². The topological polar surface area (TPSA) is 91.1 Å². The first-order valence-electron chi connectivity index (χ1n) is 9.83. The van der Waals surface area contributed by atoms with Crippen LogP contribution in [0.1, 0.15) is 48.2 Å². The van der Waals surface area contributed by atoms with Crippen molar-refractivity contribution in [2.24, 2.45) is 10.7 Å². The van der Waals surface area contributed by atoms with Crippen LogP contribution >= 0.6 is 0 Å². The molecule has 142 valence electrons. The van der Waals surface area contributed by atoms with Crippen LogP contribution in [0.2, 0.25) is 0 Å². The molecule has 2 aromatic carbocycles. The highest BCUT2D eigenvalue weighted by Crippen LogP contribution is 2.41. The third-order valence-corrected chi connectivity index (χ3v) is 5.48. The van der Waals surface area contributed by atoms with E-state index in [0.29, 0.717) is 11.8 Å². The molecule has 5 rings (SSSR count). The average molecular weight is 372 g/mol. The van der Waals surface area contributed by atoms with Gasteiger partial charge in [0.25, 0.3) is 5.79 Å². The fraction of sp³-hybridized carbons (Fsp3) is 0.273. The lowest BCUT2D eigenvalue weighted by Gasteiger charge is -2.36. The number of aromatic amines is 1. The lowest BCUT2D eigenvalue weighted by molar-refractivity contribution is 0.567. The Kier molecular flexibility index (Phi) is 3.86. The number of H-pyrrole nitrogens is 1. The van der Waals surface area contributed by atoms with Crippen LogP contribution in [0, 0.1) is 0 Å². The van der Waals surface area contributed by atoms with Crippen LogP contribution in [-0.4, -0.2) is 16.0 Å². The molecule has 2 heterocycles. The summed E-state index contributed by atoms with van der Waals surface area (Å²) < 4.78 is 0. The number of benzene rings is 2. The first-order chi connectivity index (χ1) is 13.7. The lowest BCUT2D eigenvalue weighted by Crippen LogP contribution is -2.46. The zero-order chi connectivity index (χ0) is 19.1. The zero-order valence-electron chi connectivity index (χ0n) is 15.9. The van der Waals surface area contributed by atoms with E-state index in [1.165, 1.54) is 18.4 Å². The fourth-order valence-electron chi connectivity index (χ4n) is 3.68. The highest BCUT2D eigenvalue weighted by molar-refractivity contribution is 6.04. The van der Waals surface area contributed by atoms with Gasteiger partial charge in [0.2, 0.25) is 0 Å². The van der Waals surface area contributed by atoms with Crippen molar-refractivity contribution in [2.75, 3.05) is 10.6 Å². The van der Waals surface area contributed by atoms with E-state index < -0.39 is 5.79 Å². The van der Waals surface area contributed by atoms with Crippen LogP contribution < -0.4 is 16.4 Å². The smallest absolute Gasteiger partial charge is 0.253 e. The minimum Gasteiger partial charge on any atom is -0.383 e. The van der Waals surface area contributed by atoms with Crippen molar-refractivity contribution in [3.05, 3.63) is 77.1 Å². The summed E-state index contributed by atoms with van der Waals surface area (Å²) in [5, 5.41) is 14.9. The number of amidine groups is 1. The van der Waals surface area contributed by atoms with E-state index in [1.807, 2.05) is 24.3 Å². The van der Waals surface area contributed by atoms with Crippen LogP contribution in [0.4, 0.5) is 11.4 Å². The van der Waals surface area contributed by atoms with Gasteiger partial charge in [0, 0.05) is 28.6 Å². The Morgan fingerprint density at radius 1 is 1.14 bits per heavy atom. The second-order valence-corrected chi connectivity index (χ2v) is 7.54. The summed E-state index contributed by atoms with van der Waals surface area (Å²) in [4.78, 5) is 4.85. The van der Waals surface area contributed by atoms with E-state index in [2.05, 4.69) is 58.1 Å². The Morgan fingerprint density at radius 3 is 2.68 bits per heavy atom. The number of nitrogens with zero attached hydrogens (tertiary/aromatic N) is 2. The predicted molar refractivity (Wildman–Crippen MR) is 112 cm³/mol. The average Bonchev–Trinajstić information content (AvgIpc) is 3.44. The highest BCUT2D eigenvalue weighted by atomic mass is 15.4. The van der Waals surface area contributed by atoms with Gasteiger partial charge in [-0.25, -0.2) is 4.99 Å². The molecule has 1 aliphatic carbocycles. The number of hydrogen-bond acceptors (Lipinski definition) is 5. The first-order valence-corrected chi connectivity index (χ1v) is 9.83. The Balaban J connectivity index is 1.58. The van der Waals surface area contributed by atoms with Crippen molar-refractivity contribution in [2.45, 2.75) is 37.9 Å². The number of nitrogens with two attached hydrogens (primary N) is 1. The summed E-state index contributed by atoms with van der Waals surface area (Å²) in [5.74, 6) is 0.109. The number of rotatable bonds is 5. The van der Waals surface area contributed by atoms with Crippen molar-refractivity contribution in [1.82, 2.24) is 10.2 Å². The number of nitrogens with one attached hydrogen (secondary N) is 3. The summed E-state index contributed by atoms with van der Waals surface area (Å²) in [7, 11) is 0. The van der Waals surface area contributed by atoms with Gasteiger partial charge in [-0.2, -0.15) is 5.10 Å². The maximum absolute atomic E-state index is 6.37. The largest absolute Gasteiger partial charge is 0.383 e. The predicted octanol–water partition coefficient (Wildman–Crippen LogP) is 3.90. The molecule has 2 aliphatic rings. The Morgan fingerprint density at radius 2 is 1.93 bits per heavy atom. The maximum atomic E-state index is 6.37. The standard InChI is InChI=1S/C22H24N6/c1-2-14-7-11-16(12-8-14)24-22(20-13-19(27-28-20)15-9-10-15)25-18-6-4-3-5-17(18)21(23)26-22/h3-8,11-13,15,24-25H,2,9-10H2,1H3,(H2,23,26)(H,27,28)/t22-/m1/s1. The Labute approximate surface area is 164 Å². The molecular weight excluding hydrogens is 348 g/mol. The number of para-hydroxylation sites is 1. The fourth-order valence-corrected chi connectivity index (χ4v) is 3.68. The number of anilines is 2. The van der Waals surface area contributed by atoms with Crippen LogP contribution in [0.5, 0.6) is 0 Å². The third kappa shape index (κ3) is 2.91. The Hall–Kier alpha value is -3.28. The molecule has 1 aromatic heterocycles. The molecule has 0 spiro atoms. The van der Waals surface area contributed by atoms with Crippen molar-refractivity contribution in [1.29, 1.82) is 0 Å². The third-order valence-electron chi connectivity index (χ3n) is 5.48. The molecule has 1 aliphatic heterocycles. The van der Waals surface area contributed by atoms with Crippen molar-refractivity contribution < 1.29 is 0 Å². The van der Waals surface area contributed by atoms with Crippen molar-refractivity contribution in [3.63, 3.8) is 0 Å². The molecule has 0 radical (unpaired) electrons. The van der Waals surface area contributed by atoms with Gasteiger partial charge in [-0.3, -0.25) is 5.10 Å². The zero-order valence-corrected chi connectivity index (χ0v) is 15.9. The number of aliphatic imine (C=N–C) groups is 1. The molecule has 1 fully saturated rings.